The van der Waals surface area contributed by atoms with E-state index in [1.54, 1.807) is 0 Å². The average Bonchev–Trinajstić information content (AvgIpc) is 3.02. The van der Waals surface area contributed by atoms with Crippen molar-refractivity contribution in [3.63, 3.8) is 0 Å². The molecular weight excluding hydrogens is 444 g/mol. The summed E-state index contributed by atoms with van der Waals surface area (Å²) in [5.74, 6) is -0.121. The Hall–Kier alpha value is -2.16. The molecule has 5 nitrogen and oxygen atoms in total. The highest BCUT2D eigenvalue weighted by molar-refractivity contribution is 6.34. The van der Waals surface area contributed by atoms with Gasteiger partial charge in [-0.05, 0) is 30.3 Å². The number of ether oxygens (including phenoxy) is 1. The van der Waals surface area contributed by atoms with E-state index >= 15 is 0 Å². The van der Waals surface area contributed by atoms with Gasteiger partial charge in [-0.25, -0.2) is 4.79 Å². The summed E-state index contributed by atoms with van der Waals surface area (Å²) in [6.07, 6.45) is -6.61. The van der Waals surface area contributed by atoms with Gasteiger partial charge in [0.1, 0.15) is 0 Å². The van der Waals surface area contributed by atoms with E-state index in [9.17, 15) is 18.0 Å². The lowest BCUT2D eigenvalue weighted by Gasteiger charge is -2.29. The normalized spacial score (nSPS) is 19.1. The average molecular weight is 454 g/mol. The molecule has 0 saturated heterocycles. The molecule has 2 N–H and O–H groups in total. The van der Waals surface area contributed by atoms with Crippen LogP contribution in [0, 0.1) is 0 Å². The number of alkyl halides is 3. The predicted molar refractivity (Wildman–Crippen MR) is 98.1 cm³/mol. The van der Waals surface area contributed by atoms with Crippen LogP contribution in [0.1, 0.15) is 17.5 Å². The Morgan fingerprint density at radius 3 is 2.36 bits per heavy atom. The van der Waals surface area contributed by atoms with E-state index in [0.29, 0.717) is 0 Å². The molecule has 0 spiro atoms. The number of hydrogen-bond donors (Lipinski definition) is 1. The monoisotopic (exact) mass is 452 g/mol. The first-order valence-corrected chi connectivity index (χ1v) is 8.71. The smallest absolute Gasteiger partial charge is 0.409 e. The van der Waals surface area contributed by atoms with Crippen molar-refractivity contribution in [2.45, 2.75) is 18.2 Å². The van der Waals surface area contributed by atoms with Crippen LogP contribution >= 0.6 is 34.8 Å². The van der Waals surface area contributed by atoms with Crippen LogP contribution in [0.15, 0.2) is 41.6 Å². The van der Waals surface area contributed by atoms with Crippen LogP contribution in [0.4, 0.5) is 18.0 Å². The molecule has 2 aromatic carbocycles. The molecule has 1 heterocycles. The molecule has 0 bridgehead atoms. The summed E-state index contributed by atoms with van der Waals surface area (Å²) in [6, 6.07) is 7.52. The fourth-order valence-electron chi connectivity index (χ4n) is 2.71. The van der Waals surface area contributed by atoms with Crippen LogP contribution in [0.5, 0.6) is 5.75 Å². The van der Waals surface area contributed by atoms with Gasteiger partial charge < -0.3 is 15.3 Å². The molecule has 2 aromatic rings. The second-order valence-corrected chi connectivity index (χ2v) is 7.14. The zero-order chi connectivity index (χ0) is 20.7. The van der Waals surface area contributed by atoms with Crippen molar-refractivity contribution >= 4 is 46.6 Å². The highest BCUT2D eigenvalue weighted by Gasteiger charge is 2.62. The minimum Gasteiger partial charge on any atom is -0.409 e. The van der Waals surface area contributed by atoms with E-state index in [4.69, 9.17) is 50.1 Å². The third kappa shape index (κ3) is 3.85. The van der Waals surface area contributed by atoms with Crippen LogP contribution in [-0.2, 0) is 10.4 Å². The molecular formula is C17H10Cl3F3N2O3. The number of halogens is 6. The van der Waals surface area contributed by atoms with Crippen LogP contribution in [0.2, 0.25) is 15.1 Å². The highest BCUT2D eigenvalue weighted by Crippen LogP contribution is 2.49. The number of oxime groups is 1. The molecule has 28 heavy (non-hydrogen) atoms. The Kier molecular flexibility index (Phi) is 5.40. The summed E-state index contributed by atoms with van der Waals surface area (Å²) in [5, 5.41) is 3.69. The third-order valence-electron chi connectivity index (χ3n) is 3.99. The number of rotatable bonds is 3. The van der Waals surface area contributed by atoms with Crippen molar-refractivity contribution in [1.82, 2.24) is 0 Å². The fourth-order valence-corrected chi connectivity index (χ4v) is 3.40. The predicted octanol–water partition coefficient (Wildman–Crippen LogP) is 5.69. The number of carbonyl (C=O) groups excluding carboxylic acids is 1. The molecule has 0 radical (unpaired) electrons. The zero-order valence-corrected chi connectivity index (χ0v) is 16.0. The summed E-state index contributed by atoms with van der Waals surface area (Å²) in [7, 11) is 0. The Morgan fingerprint density at radius 2 is 1.79 bits per heavy atom. The van der Waals surface area contributed by atoms with E-state index in [0.717, 1.165) is 12.1 Å². The number of hydrogen-bond acceptors (Lipinski definition) is 4. The topological polar surface area (TPSA) is 73.9 Å². The molecule has 11 heteroatoms. The van der Waals surface area contributed by atoms with Gasteiger partial charge in [-0.1, -0.05) is 46.0 Å². The van der Waals surface area contributed by atoms with Gasteiger partial charge in [-0.3, -0.25) is 0 Å². The quantitative estimate of drug-likeness (QED) is 0.649. The van der Waals surface area contributed by atoms with Crippen molar-refractivity contribution in [2.24, 2.45) is 10.9 Å². The standard InChI is InChI=1S/C17H10Cl3F3N2O3/c18-10-4-9(5-11(19)6-10)16(17(21,22)23)7-13(25-28-16)8-1-2-12(20)14(3-8)27-15(24)26/h1-6H,7H2,(H2,24,26). The van der Waals surface area contributed by atoms with E-state index in [2.05, 4.69) is 5.16 Å². The first-order valence-electron chi connectivity index (χ1n) is 7.57. The molecule has 1 aliphatic rings. The van der Waals surface area contributed by atoms with Crippen LogP contribution in [0.25, 0.3) is 0 Å². The Balaban J connectivity index is 2.01. The van der Waals surface area contributed by atoms with Gasteiger partial charge in [0.15, 0.2) is 5.75 Å². The summed E-state index contributed by atoms with van der Waals surface area (Å²) in [5.41, 5.74) is 2.05. The molecule has 1 atom stereocenters. The Morgan fingerprint density at radius 1 is 1.14 bits per heavy atom. The minimum absolute atomic E-state index is 0.0202. The van der Waals surface area contributed by atoms with Gasteiger partial charge in [0.25, 0.3) is 5.60 Å². The van der Waals surface area contributed by atoms with Crippen molar-refractivity contribution in [3.05, 3.63) is 62.6 Å². The third-order valence-corrected chi connectivity index (χ3v) is 4.74. The maximum atomic E-state index is 14.0. The molecule has 0 fully saturated rings. The maximum Gasteiger partial charge on any atom is 0.435 e. The van der Waals surface area contributed by atoms with Gasteiger partial charge in [-0.15, -0.1) is 0 Å². The van der Waals surface area contributed by atoms with Gasteiger partial charge in [0, 0.05) is 27.6 Å². The van der Waals surface area contributed by atoms with Gasteiger partial charge in [-0.2, -0.15) is 13.2 Å². The van der Waals surface area contributed by atoms with E-state index in [1.165, 1.54) is 24.3 Å². The minimum atomic E-state index is -4.83. The summed E-state index contributed by atoms with van der Waals surface area (Å²) in [4.78, 5) is 15.8. The number of benzene rings is 2. The summed E-state index contributed by atoms with van der Waals surface area (Å²) < 4.78 is 46.7. The molecule has 3 rings (SSSR count). The van der Waals surface area contributed by atoms with E-state index in [-0.39, 0.29) is 37.7 Å². The molecule has 0 aliphatic carbocycles. The SMILES string of the molecule is NC(=O)Oc1cc(C2=NOC(c3cc(Cl)cc(Cl)c3)(C(F)(F)F)C2)ccc1Cl. The second-order valence-electron chi connectivity index (χ2n) is 5.86. The lowest BCUT2D eigenvalue weighted by molar-refractivity contribution is -0.275. The van der Waals surface area contributed by atoms with Crippen molar-refractivity contribution in [2.75, 3.05) is 0 Å². The number of nitrogens with two attached hydrogens (primary N) is 1. The van der Waals surface area contributed by atoms with Crippen molar-refractivity contribution in [1.29, 1.82) is 0 Å². The van der Waals surface area contributed by atoms with Crippen LogP contribution in [0.3, 0.4) is 0 Å². The van der Waals surface area contributed by atoms with Crippen LogP contribution < -0.4 is 10.5 Å². The molecule has 1 unspecified atom stereocenters. The number of primary amides is 1. The first kappa shape index (κ1) is 20.6. The molecule has 1 amide bonds. The second kappa shape index (κ2) is 7.35. The van der Waals surface area contributed by atoms with Gasteiger partial charge in [0.05, 0.1) is 10.7 Å². The van der Waals surface area contributed by atoms with E-state index < -0.39 is 24.3 Å². The molecule has 0 saturated carbocycles. The van der Waals surface area contributed by atoms with E-state index in [1.807, 2.05) is 0 Å². The Labute approximate surface area is 171 Å². The lowest BCUT2D eigenvalue weighted by Crippen LogP contribution is -2.42. The summed E-state index contributed by atoms with van der Waals surface area (Å²) in [6.45, 7) is 0. The van der Waals surface area contributed by atoms with Crippen molar-refractivity contribution < 1.29 is 27.5 Å². The summed E-state index contributed by atoms with van der Waals surface area (Å²) >= 11 is 17.6. The van der Waals surface area contributed by atoms with Gasteiger partial charge in [0.2, 0.25) is 0 Å². The molecule has 1 aliphatic heterocycles. The lowest BCUT2D eigenvalue weighted by atomic mass is 9.86. The largest absolute Gasteiger partial charge is 0.435 e. The Bertz CT molecular complexity index is 962. The fraction of sp³-hybridized carbons (Fsp3) is 0.176. The first-order chi connectivity index (χ1) is 13.0. The molecule has 0 aromatic heterocycles. The maximum absolute atomic E-state index is 14.0. The number of amides is 1. The van der Waals surface area contributed by atoms with Crippen molar-refractivity contribution in [3.8, 4) is 5.75 Å². The zero-order valence-electron chi connectivity index (χ0n) is 13.7. The highest BCUT2D eigenvalue weighted by atomic mass is 35.5. The number of carbonyl (C=O) groups is 1. The molecule has 148 valence electrons. The van der Waals surface area contributed by atoms with Crippen LogP contribution in [-0.4, -0.2) is 18.0 Å². The number of nitrogens with zero attached hydrogens (tertiary/aromatic N) is 1. The van der Waals surface area contributed by atoms with Gasteiger partial charge >= 0.3 is 12.3 Å².